The summed E-state index contributed by atoms with van der Waals surface area (Å²) in [7, 11) is 2.06. The Morgan fingerprint density at radius 3 is 2.28 bits per heavy atom. The van der Waals surface area contributed by atoms with Gasteiger partial charge in [-0.2, -0.15) is 4.57 Å². The molecule has 1 nitrogen and oxygen atoms in total. The average Bonchev–Trinajstić information content (AvgIpc) is 2.68. The van der Waals surface area contributed by atoms with Gasteiger partial charge in [-0.05, 0) is 47.2 Å². The van der Waals surface area contributed by atoms with E-state index in [1.807, 2.05) is 13.0 Å². The Bertz CT molecular complexity index is 1110. The highest BCUT2D eigenvalue weighted by Crippen LogP contribution is 2.31. The van der Waals surface area contributed by atoms with Crippen LogP contribution >= 0.6 is 0 Å². The number of fused-ring (bicyclic) bond motifs is 1. The topological polar surface area (TPSA) is 3.88 Å². The van der Waals surface area contributed by atoms with Crippen LogP contribution in [0, 0.1) is 13.8 Å². The summed E-state index contributed by atoms with van der Waals surface area (Å²) in [4.78, 5) is 0. The normalized spacial score (nSPS) is 11.6. The van der Waals surface area contributed by atoms with Gasteiger partial charge in [0.05, 0.1) is 6.76 Å². The number of nitrogens with zero attached hydrogens (tertiary/aromatic N) is 1. The first-order valence-electron chi connectivity index (χ1n) is 9.12. The van der Waals surface area contributed by atoms with Crippen molar-refractivity contribution in [1.29, 1.82) is 0 Å². The minimum Gasteiger partial charge on any atom is -0.198 e. The third kappa shape index (κ3) is 2.72. The zero-order valence-corrected chi connectivity index (χ0v) is 14.9. The van der Waals surface area contributed by atoms with E-state index < -0.39 is 0 Å². The Morgan fingerprint density at radius 1 is 0.800 bits per heavy atom. The third-order valence-corrected chi connectivity index (χ3v) is 4.94. The lowest BCUT2D eigenvalue weighted by atomic mass is 9.96. The fourth-order valence-electron chi connectivity index (χ4n) is 3.46. The van der Waals surface area contributed by atoms with Gasteiger partial charge < -0.3 is 0 Å². The molecule has 122 valence electrons. The number of benzene rings is 3. The zero-order chi connectivity index (χ0) is 18.3. The molecule has 0 radical (unpaired) electrons. The van der Waals surface area contributed by atoms with Crippen molar-refractivity contribution in [3.8, 4) is 22.4 Å². The smallest absolute Gasteiger partial charge is 0.198 e. The van der Waals surface area contributed by atoms with Crippen LogP contribution in [0.25, 0.3) is 33.2 Å². The molecule has 0 saturated heterocycles. The van der Waals surface area contributed by atoms with Crippen molar-refractivity contribution in [2.45, 2.75) is 13.8 Å². The maximum absolute atomic E-state index is 8.68. The molecule has 1 heterocycles. The Hall–Kier alpha value is -2.93. The van der Waals surface area contributed by atoms with Gasteiger partial charge in [-0.25, -0.2) is 0 Å². The molecular formula is C24H22N+. The molecule has 0 saturated carbocycles. The second-order valence-corrected chi connectivity index (χ2v) is 6.56. The molecule has 0 atom stereocenters. The summed E-state index contributed by atoms with van der Waals surface area (Å²) in [5.41, 5.74) is 6.93. The SMILES string of the molecule is [2H]c1c(C)[n+](C)c(-c2ccccc2C)c2ccc(-c3ccccc3)cc12. The van der Waals surface area contributed by atoms with E-state index in [1.165, 1.54) is 22.4 Å². The van der Waals surface area contributed by atoms with Gasteiger partial charge in [-0.15, -0.1) is 0 Å². The van der Waals surface area contributed by atoms with Gasteiger partial charge in [0.25, 0.3) is 0 Å². The maximum atomic E-state index is 8.68. The molecular weight excluding hydrogens is 302 g/mol. The van der Waals surface area contributed by atoms with Crippen LogP contribution in [0.15, 0.2) is 78.8 Å². The number of pyridine rings is 1. The van der Waals surface area contributed by atoms with E-state index in [0.29, 0.717) is 6.04 Å². The van der Waals surface area contributed by atoms with E-state index in [9.17, 15) is 0 Å². The Kier molecular flexibility index (Phi) is 3.56. The summed E-state index contributed by atoms with van der Waals surface area (Å²) in [5.74, 6) is 0. The monoisotopic (exact) mass is 325 g/mol. The molecule has 0 aliphatic heterocycles. The fraction of sp³-hybridized carbons (Fsp3) is 0.125. The Labute approximate surface area is 150 Å². The molecule has 1 heteroatoms. The number of hydrogen-bond acceptors (Lipinski definition) is 0. The first-order chi connectivity index (χ1) is 12.6. The molecule has 0 aliphatic rings. The van der Waals surface area contributed by atoms with E-state index in [-0.39, 0.29) is 0 Å². The van der Waals surface area contributed by atoms with Gasteiger partial charge in [0, 0.05) is 18.5 Å². The van der Waals surface area contributed by atoms with Gasteiger partial charge in [0.2, 0.25) is 5.69 Å². The second-order valence-electron chi connectivity index (χ2n) is 6.56. The lowest BCUT2D eigenvalue weighted by Crippen LogP contribution is -2.35. The summed E-state index contributed by atoms with van der Waals surface area (Å²) in [5, 5.41) is 2.12. The fourth-order valence-corrected chi connectivity index (χ4v) is 3.46. The molecule has 0 bridgehead atoms. The molecule has 25 heavy (non-hydrogen) atoms. The quantitative estimate of drug-likeness (QED) is 0.421. The minimum atomic E-state index is 0.595. The molecule has 0 N–H and O–H groups in total. The zero-order valence-electron chi connectivity index (χ0n) is 15.9. The van der Waals surface area contributed by atoms with Crippen molar-refractivity contribution in [3.05, 3.63) is 90.1 Å². The Morgan fingerprint density at radius 2 is 1.52 bits per heavy atom. The average molecular weight is 325 g/mol. The van der Waals surface area contributed by atoms with Crippen LogP contribution in [-0.2, 0) is 7.05 Å². The van der Waals surface area contributed by atoms with Crippen LogP contribution in [0.3, 0.4) is 0 Å². The van der Waals surface area contributed by atoms with Crippen molar-refractivity contribution in [2.24, 2.45) is 7.05 Å². The summed E-state index contributed by atoms with van der Waals surface area (Å²) in [6.07, 6.45) is 0. The summed E-state index contributed by atoms with van der Waals surface area (Å²) in [6.45, 7) is 4.17. The van der Waals surface area contributed by atoms with Gasteiger partial charge in [-0.1, -0.05) is 54.6 Å². The predicted octanol–water partition coefficient (Wildman–Crippen LogP) is 5.62. The molecule has 0 unspecified atom stereocenters. The molecule has 0 fully saturated rings. The second kappa shape index (κ2) is 6.18. The summed E-state index contributed by atoms with van der Waals surface area (Å²) in [6, 6.07) is 25.9. The largest absolute Gasteiger partial charge is 0.220 e. The van der Waals surface area contributed by atoms with Crippen LogP contribution in [0.2, 0.25) is 0 Å². The van der Waals surface area contributed by atoms with Crippen molar-refractivity contribution in [2.75, 3.05) is 0 Å². The van der Waals surface area contributed by atoms with Gasteiger partial charge in [-0.3, -0.25) is 0 Å². The van der Waals surface area contributed by atoms with Gasteiger partial charge in [0.15, 0.2) is 5.69 Å². The molecule has 1 aromatic heterocycles. The summed E-state index contributed by atoms with van der Waals surface area (Å²) < 4.78 is 10.8. The van der Waals surface area contributed by atoms with Crippen molar-refractivity contribution in [1.82, 2.24) is 0 Å². The van der Waals surface area contributed by atoms with E-state index in [0.717, 1.165) is 22.0 Å². The number of rotatable bonds is 2. The van der Waals surface area contributed by atoms with E-state index in [2.05, 4.69) is 85.3 Å². The van der Waals surface area contributed by atoms with E-state index in [1.54, 1.807) is 0 Å². The molecule has 0 aliphatic carbocycles. The number of aryl methyl sites for hydroxylation is 1. The standard InChI is InChI=1S/C24H22N/c1-17-9-7-8-12-22(17)24-23-14-13-20(19-10-5-4-6-11-19)16-21(23)15-18(2)25(24)3/h4-16H,1-3H3/q+1/i15D. The highest BCUT2D eigenvalue weighted by molar-refractivity contribution is 5.96. The number of hydrogen-bond donors (Lipinski definition) is 0. The van der Waals surface area contributed by atoms with Crippen LogP contribution in [0.1, 0.15) is 12.6 Å². The summed E-state index contributed by atoms with van der Waals surface area (Å²) >= 11 is 0. The van der Waals surface area contributed by atoms with Gasteiger partial charge >= 0.3 is 0 Å². The molecule has 4 rings (SSSR count). The molecule has 0 amide bonds. The maximum Gasteiger partial charge on any atom is 0.220 e. The van der Waals surface area contributed by atoms with Crippen LogP contribution in [0.4, 0.5) is 0 Å². The minimum absolute atomic E-state index is 0.595. The van der Waals surface area contributed by atoms with Crippen molar-refractivity contribution >= 4 is 10.8 Å². The Balaban J connectivity index is 2.06. The molecule has 4 aromatic rings. The first-order valence-corrected chi connectivity index (χ1v) is 8.62. The van der Waals surface area contributed by atoms with E-state index in [4.69, 9.17) is 1.37 Å². The highest BCUT2D eigenvalue weighted by atomic mass is 14.9. The van der Waals surface area contributed by atoms with Crippen LogP contribution in [0.5, 0.6) is 0 Å². The first kappa shape index (κ1) is 14.4. The molecule has 3 aromatic carbocycles. The van der Waals surface area contributed by atoms with Gasteiger partial charge in [0.1, 0.15) is 7.05 Å². The van der Waals surface area contributed by atoms with E-state index >= 15 is 0 Å². The lowest BCUT2D eigenvalue weighted by Gasteiger charge is -2.11. The number of aromatic nitrogens is 1. The predicted molar refractivity (Wildman–Crippen MR) is 105 cm³/mol. The van der Waals surface area contributed by atoms with Crippen molar-refractivity contribution < 1.29 is 5.94 Å². The highest BCUT2D eigenvalue weighted by Gasteiger charge is 2.19. The third-order valence-electron chi connectivity index (χ3n) is 4.94. The van der Waals surface area contributed by atoms with Crippen LogP contribution in [-0.4, -0.2) is 0 Å². The lowest BCUT2D eigenvalue weighted by molar-refractivity contribution is -0.665. The van der Waals surface area contributed by atoms with Crippen molar-refractivity contribution in [3.63, 3.8) is 0 Å². The van der Waals surface area contributed by atoms with Crippen LogP contribution < -0.4 is 4.57 Å². The molecule has 0 spiro atoms.